The van der Waals surface area contributed by atoms with Crippen molar-refractivity contribution in [2.45, 2.75) is 6.42 Å². The third-order valence-electron chi connectivity index (χ3n) is 2.94. The Morgan fingerprint density at radius 3 is 2.12 bits per heavy atom. The number of carbonyl (C=O) groups excluding carboxylic acids is 1. The van der Waals surface area contributed by atoms with Crippen LogP contribution in [0.5, 0.6) is 0 Å². The van der Waals surface area contributed by atoms with Crippen LogP contribution in [0.15, 0.2) is 0 Å². The first kappa shape index (κ1) is 13.4. The van der Waals surface area contributed by atoms with Crippen molar-refractivity contribution >= 4 is 5.97 Å². The predicted molar refractivity (Wildman–Crippen MR) is 61.4 cm³/mol. The minimum Gasteiger partial charge on any atom is -0.469 e. The maximum absolute atomic E-state index is 11.0. The number of methoxy groups -OCH3 is 2. The number of hydrogen-bond acceptors (Lipinski definition) is 5. The lowest BCUT2D eigenvalue weighted by molar-refractivity contribution is -0.141. The molecule has 0 unspecified atom stereocenters. The second-order valence-corrected chi connectivity index (χ2v) is 4.00. The zero-order valence-corrected chi connectivity index (χ0v) is 10.3. The number of hydrogen-bond donors (Lipinski definition) is 0. The second kappa shape index (κ2) is 7.60. The Hall–Kier alpha value is -0.650. The quantitative estimate of drug-likeness (QED) is 0.592. The summed E-state index contributed by atoms with van der Waals surface area (Å²) in [5.41, 5.74) is 0. The molecule has 1 aliphatic rings. The van der Waals surface area contributed by atoms with E-state index in [9.17, 15) is 4.79 Å². The van der Waals surface area contributed by atoms with Gasteiger partial charge in [0.05, 0.1) is 20.1 Å². The van der Waals surface area contributed by atoms with E-state index in [0.29, 0.717) is 6.42 Å². The first-order valence-electron chi connectivity index (χ1n) is 5.76. The Bertz CT molecular complexity index is 203. The molecule has 0 aromatic rings. The van der Waals surface area contributed by atoms with Crippen LogP contribution in [0.3, 0.4) is 0 Å². The Labute approximate surface area is 97.3 Å². The van der Waals surface area contributed by atoms with Gasteiger partial charge in [-0.3, -0.25) is 9.69 Å². The molecule has 1 rings (SSSR count). The second-order valence-electron chi connectivity index (χ2n) is 4.00. The molecule has 0 atom stereocenters. The molecule has 0 aromatic carbocycles. The molecule has 94 valence electrons. The smallest absolute Gasteiger partial charge is 0.306 e. The monoisotopic (exact) mass is 230 g/mol. The van der Waals surface area contributed by atoms with E-state index in [2.05, 4.69) is 14.5 Å². The molecule has 1 heterocycles. The summed E-state index contributed by atoms with van der Waals surface area (Å²) in [5.74, 6) is -0.123. The lowest BCUT2D eigenvalue weighted by atomic mass is 10.3. The van der Waals surface area contributed by atoms with Crippen molar-refractivity contribution in [1.82, 2.24) is 9.80 Å². The molecule has 1 aliphatic heterocycles. The molecule has 1 saturated heterocycles. The fourth-order valence-corrected chi connectivity index (χ4v) is 1.81. The Balaban J connectivity index is 2.09. The summed E-state index contributed by atoms with van der Waals surface area (Å²) in [5, 5.41) is 0. The average Bonchev–Trinajstić information content (AvgIpc) is 2.34. The minimum atomic E-state index is -0.123. The number of esters is 1. The largest absolute Gasteiger partial charge is 0.469 e. The molecule has 16 heavy (non-hydrogen) atoms. The summed E-state index contributed by atoms with van der Waals surface area (Å²) >= 11 is 0. The van der Waals surface area contributed by atoms with E-state index in [0.717, 1.165) is 45.9 Å². The van der Waals surface area contributed by atoms with Crippen LogP contribution in [0, 0.1) is 0 Å². The molecule has 0 bridgehead atoms. The van der Waals surface area contributed by atoms with Gasteiger partial charge in [0.2, 0.25) is 0 Å². The highest BCUT2D eigenvalue weighted by Crippen LogP contribution is 2.02. The van der Waals surface area contributed by atoms with Gasteiger partial charge in [-0.05, 0) is 0 Å². The van der Waals surface area contributed by atoms with Crippen LogP contribution in [0.1, 0.15) is 6.42 Å². The van der Waals surface area contributed by atoms with Crippen LogP contribution < -0.4 is 0 Å². The van der Waals surface area contributed by atoms with Gasteiger partial charge in [-0.2, -0.15) is 0 Å². The summed E-state index contributed by atoms with van der Waals surface area (Å²) in [6, 6.07) is 0. The van der Waals surface area contributed by atoms with Crippen molar-refractivity contribution in [2.24, 2.45) is 0 Å². The zero-order valence-electron chi connectivity index (χ0n) is 10.3. The van der Waals surface area contributed by atoms with Gasteiger partial charge in [0.1, 0.15) is 0 Å². The summed E-state index contributed by atoms with van der Waals surface area (Å²) in [6.45, 7) is 6.78. The van der Waals surface area contributed by atoms with E-state index in [1.54, 1.807) is 7.11 Å². The molecule has 0 aromatic heterocycles. The molecular formula is C11H22N2O3. The minimum absolute atomic E-state index is 0.123. The molecular weight excluding hydrogens is 208 g/mol. The standard InChI is InChI=1S/C11H22N2O3/c1-15-10-9-13-7-5-12(6-8-13)4-3-11(14)16-2/h3-10H2,1-2H3. The highest BCUT2D eigenvalue weighted by Gasteiger charge is 2.16. The maximum atomic E-state index is 11.0. The van der Waals surface area contributed by atoms with Gasteiger partial charge >= 0.3 is 5.97 Å². The topological polar surface area (TPSA) is 42.0 Å². The Morgan fingerprint density at radius 2 is 1.62 bits per heavy atom. The number of carbonyl (C=O) groups is 1. The van der Waals surface area contributed by atoms with Crippen molar-refractivity contribution in [3.63, 3.8) is 0 Å². The predicted octanol–water partition coefficient (Wildman–Crippen LogP) is -0.186. The summed E-state index contributed by atoms with van der Waals surface area (Å²) < 4.78 is 9.67. The molecule has 0 spiro atoms. The molecule has 1 fully saturated rings. The third-order valence-corrected chi connectivity index (χ3v) is 2.94. The van der Waals surface area contributed by atoms with Gasteiger partial charge in [-0.1, -0.05) is 0 Å². The molecule has 0 N–H and O–H groups in total. The Kier molecular flexibility index (Phi) is 6.37. The van der Waals surface area contributed by atoms with Gasteiger partial charge < -0.3 is 14.4 Å². The van der Waals surface area contributed by atoms with Crippen molar-refractivity contribution in [1.29, 1.82) is 0 Å². The molecule has 0 aliphatic carbocycles. The molecule has 5 nitrogen and oxygen atoms in total. The lowest BCUT2D eigenvalue weighted by Gasteiger charge is -2.34. The molecule has 5 heteroatoms. The zero-order chi connectivity index (χ0) is 11.8. The van der Waals surface area contributed by atoms with E-state index in [4.69, 9.17) is 4.74 Å². The fourth-order valence-electron chi connectivity index (χ4n) is 1.81. The summed E-state index contributed by atoms with van der Waals surface area (Å²) in [4.78, 5) is 15.7. The van der Waals surface area contributed by atoms with Gasteiger partial charge in [0.15, 0.2) is 0 Å². The van der Waals surface area contributed by atoms with Crippen LogP contribution in [-0.4, -0.2) is 75.9 Å². The van der Waals surface area contributed by atoms with Crippen LogP contribution in [0.4, 0.5) is 0 Å². The van der Waals surface area contributed by atoms with Crippen LogP contribution >= 0.6 is 0 Å². The lowest BCUT2D eigenvalue weighted by Crippen LogP contribution is -2.47. The normalized spacial score (nSPS) is 18.6. The van der Waals surface area contributed by atoms with Gasteiger partial charge in [-0.25, -0.2) is 0 Å². The van der Waals surface area contributed by atoms with E-state index >= 15 is 0 Å². The SMILES string of the molecule is COCCN1CCN(CCC(=O)OC)CC1. The Morgan fingerprint density at radius 1 is 1.06 bits per heavy atom. The van der Waals surface area contributed by atoms with Crippen molar-refractivity contribution < 1.29 is 14.3 Å². The number of rotatable bonds is 6. The van der Waals surface area contributed by atoms with Crippen LogP contribution in [-0.2, 0) is 14.3 Å². The van der Waals surface area contributed by atoms with E-state index in [-0.39, 0.29) is 5.97 Å². The van der Waals surface area contributed by atoms with Gasteiger partial charge in [-0.15, -0.1) is 0 Å². The molecule has 0 saturated carbocycles. The van der Waals surface area contributed by atoms with Gasteiger partial charge in [0.25, 0.3) is 0 Å². The number of piperazine rings is 1. The molecule has 0 radical (unpaired) electrons. The third kappa shape index (κ3) is 4.92. The van der Waals surface area contributed by atoms with Crippen molar-refractivity contribution in [3.05, 3.63) is 0 Å². The van der Waals surface area contributed by atoms with Crippen molar-refractivity contribution in [2.75, 3.05) is 60.1 Å². The summed E-state index contributed by atoms with van der Waals surface area (Å²) in [6.07, 6.45) is 0.495. The number of ether oxygens (including phenoxy) is 2. The first-order chi connectivity index (χ1) is 7.76. The average molecular weight is 230 g/mol. The highest BCUT2D eigenvalue weighted by molar-refractivity contribution is 5.69. The van der Waals surface area contributed by atoms with E-state index in [1.807, 2.05) is 0 Å². The first-order valence-corrected chi connectivity index (χ1v) is 5.76. The fraction of sp³-hybridized carbons (Fsp3) is 0.909. The maximum Gasteiger partial charge on any atom is 0.306 e. The summed E-state index contributed by atoms with van der Waals surface area (Å²) in [7, 11) is 3.16. The van der Waals surface area contributed by atoms with Crippen LogP contribution in [0.25, 0.3) is 0 Å². The van der Waals surface area contributed by atoms with Gasteiger partial charge in [0, 0.05) is 46.4 Å². The van der Waals surface area contributed by atoms with Crippen molar-refractivity contribution in [3.8, 4) is 0 Å². The van der Waals surface area contributed by atoms with E-state index < -0.39 is 0 Å². The highest BCUT2D eigenvalue weighted by atomic mass is 16.5. The van der Waals surface area contributed by atoms with Crippen LogP contribution in [0.2, 0.25) is 0 Å². The number of nitrogens with zero attached hydrogens (tertiary/aromatic N) is 2. The molecule has 0 amide bonds. The van der Waals surface area contributed by atoms with E-state index in [1.165, 1.54) is 7.11 Å².